The number of aromatic nitrogens is 3. The van der Waals surface area contributed by atoms with E-state index in [-0.39, 0.29) is 19.6 Å². The van der Waals surface area contributed by atoms with Crippen LogP contribution in [-0.4, -0.2) is 60.1 Å². The molecule has 0 unspecified atom stereocenters. The Morgan fingerprint density at radius 2 is 1.79 bits per heavy atom. The van der Waals surface area contributed by atoms with Gasteiger partial charge in [-0.3, -0.25) is 9.78 Å². The molecule has 1 aliphatic carbocycles. The van der Waals surface area contributed by atoms with Crippen LogP contribution in [0.1, 0.15) is 31.9 Å². The molecule has 3 aromatic heterocycles. The molecule has 206 valence electrons. The van der Waals surface area contributed by atoms with Gasteiger partial charge in [-0.25, -0.2) is 9.97 Å². The van der Waals surface area contributed by atoms with Crippen molar-refractivity contribution in [2.45, 2.75) is 33.1 Å². The Labute approximate surface area is 223 Å². The largest absolute Gasteiger partial charge is 0.481 e. The van der Waals surface area contributed by atoms with Crippen LogP contribution in [-0.2, 0) is 9.59 Å². The summed E-state index contributed by atoms with van der Waals surface area (Å²) in [4.78, 5) is 29.6. The lowest BCUT2D eigenvalue weighted by atomic mass is 10.0. The summed E-state index contributed by atoms with van der Waals surface area (Å²) in [5, 5.41) is 9.04. The standard InChI is InChI=1S/C19H20N4O3.C6H13N.CH3NO.CH2O/c1-12-16(10-15(20)11-22-12)14-7-17(23-19(9-14)26-6-5-24)13-3-4-21-18(8-13)25-2;1-6(2-3-6)4-5-7;2-1-3;1-2/h3-4,7-11,24H,5-6,20H2,1-2H3;2-5,7H2,1H3;1H,(H2,2,3);1H2. The van der Waals surface area contributed by atoms with Crippen molar-refractivity contribution in [1.29, 1.82) is 0 Å². The number of carbonyl (C=O) groups excluding carboxylic acids is 2. The van der Waals surface area contributed by atoms with E-state index in [4.69, 9.17) is 35.6 Å². The molecule has 0 aliphatic heterocycles. The van der Waals surface area contributed by atoms with Crippen molar-refractivity contribution in [2.24, 2.45) is 16.9 Å². The molecule has 1 fully saturated rings. The molecule has 11 nitrogen and oxygen atoms in total. The molecule has 1 saturated carbocycles. The second-order valence-corrected chi connectivity index (χ2v) is 8.63. The number of primary amides is 1. The molecule has 4 rings (SSSR count). The number of hydrogen-bond donors (Lipinski definition) is 4. The Kier molecular flexibility index (Phi) is 14.0. The molecule has 0 radical (unpaired) electrons. The molecule has 0 saturated heterocycles. The SMILES string of the molecule is C=O.CC1(CCN)CC1.COc1cc(-c2cc(-c3cc(N)cnc3C)cc(OCCO)n2)ccn1.NC=O. The van der Waals surface area contributed by atoms with Gasteiger partial charge in [0.05, 0.1) is 31.3 Å². The van der Waals surface area contributed by atoms with E-state index in [1.165, 1.54) is 19.3 Å². The maximum Gasteiger partial charge on any atom is 0.214 e. The van der Waals surface area contributed by atoms with Crippen LogP contribution in [0.2, 0.25) is 0 Å². The Bertz CT molecular complexity index is 1140. The van der Waals surface area contributed by atoms with E-state index < -0.39 is 0 Å². The molecule has 1 amide bonds. The van der Waals surface area contributed by atoms with Crippen LogP contribution in [0.5, 0.6) is 11.8 Å². The van der Waals surface area contributed by atoms with Crippen molar-refractivity contribution in [3.8, 4) is 34.1 Å². The number of hydrogen-bond acceptors (Lipinski definition) is 10. The van der Waals surface area contributed by atoms with Gasteiger partial charge in [0.15, 0.2) is 0 Å². The highest BCUT2D eigenvalue weighted by Gasteiger charge is 2.35. The lowest BCUT2D eigenvalue weighted by Gasteiger charge is -2.12. The normalized spacial score (nSPS) is 12.2. The molecular formula is C27H38N6O5. The molecule has 0 bridgehead atoms. The average molecular weight is 527 g/mol. The van der Waals surface area contributed by atoms with E-state index in [1.807, 2.05) is 31.9 Å². The van der Waals surface area contributed by atoms with Gasteiger partial charge >= 0.3 is 0 Å². The zero-order valence-corrected chi connectivity index (χ0v) is 22.2. The van der Waals surface area contributed by atoms with Crippen LogP contribution in [0.3, 0.4) is 0 Å². The zero-order valence-electron chi connectivity index (χ0n) is 22.2. The van der Waals surface area contributed by atoms with E-state index in [0.717, 1.165) is 28.9 Å². The van der Waals surface area contributed by atoms with Crippen molar-refractivity contribution in [3.05, 3.63) is 48.4 Å². The van der Waals surface area contributed by atoms with Gasteiger partial charge < -0.3 is 36.6 Å². The summed E-state index contributed by atoms with van der Waals surface area (Å²) < 4.78 is 10.7. The first kappa shape index (κ1) is 31.9. The topological polar surface area (TPSA) is 190 Å². The van der Waals surface area contributed by atoms with Gasteiger partial charge in [-0.05, 0) is 61.9 Å². The Hall–Kier alpha value is -4.09. The molecular weight excluding hydrogens is 488 g/mol. The van der Waals surface area contributed by atoms with Gasteiger partial charge in [0.25, 0.3) is 0 Å². The second kappa shape index (κ2) is 16.6. The molecule has 3 heterocycles. The van der Waals surface area contributed by atoms with E-state index in [0.29, 0.717) is 28.6 Å². The Morgan fingerprint density at radius 1 is 1.13 bits per heavy atom. The molecule has 0 spiro atoms. The van der Waals surface area contributed by atoms with E-state index in [2.05, 4.69) is 27.6 Å². The number of methoxy groups -OCH3 is 1. The summed E-state index contributed by atoms with van der Waals surface area (Å²) in [6, 6.07) is 9.25. The molecule has 38 heavy (non-hydrogen) atoms. The summed E-state index contributed by atoms with van der Waals surface area (Å²) >= 11 is 0. The highest BCUT2D eigenvalue weighted by Crippen LogP contribution is 2.47. The summed E-state index contributed by atoms with van der Waals surface area (Å²) in [7, 11) is 1.56. The van der Waals surface area contributed by atoms with Crippen molar-refractivity contribution in [2.75, 3.05) is 32.6 Å². The van der Waals surface area contributed by atoms with Crippen LogP contribution < -0.4 is 26.7 Å². The number of nitrogens with two attached hydrogens (primary N) is 3. The summed E-state index contributed by atoms with van der Waals surface area (Å²) in [6.07, 6.45) is 7.57. The van der Waals surface area contributed by atoms with E-state index in [9.17, 15) is 0 Å². The third kappa shape index (κ3) is 10.5. The van der Waals surface area contributed by atoms with Crippen LogP contribution in [0, 0.1) is 12.3 Å². The number of ether oxygens (including phenoxy) is 2. The number of carbonyl (C=O) groups is 2. The Morgan fingerprint density at radius 3 is 2.34 bits per heavy atom. The summed E-state index contributed by atoms with van der Waals surface area (Å²) in [6.45, 7) is 7.15. The van der Waals surface area contributed by atoms with Crippen LogP contribution >= 0.6 is 0 Å². The maximum absolute atomic E-state index is 9.04. The first-order valence-corrected chi connectivity index (χ1v) is 11.9. The zero-order chi connectivity index (χ0) is 28.6. The van der Waals surface area contributed by atoms with E-state index >= 15 is 0 Å². The molecule has 1 aliphatic rings. The minimum atomic E-state index is -0.0941. The third-order valence-electron chi connectivity index (χ3n) is 5.65. The van der Waals surface area contributed by atoms with Gasteiger partial charge in [-0.1, -0.05) is 6.92 Å². The van der Waals surface area contributed by atoms with Crippen molar-refractivity contribution in [1.82, 2.24) is 15.0 Å². The summed E-state index contributed by atoms with van der Waals surface area (Å²) in [5.41, 5.74) is 20.8. The predicted octanol–water partition coefficient (Wildman–Crippen LogP) is 2.53. The van der Waals surface area contributed by atoms with Gasteiger partial charge in [-0.15, -0.1) is 0 Å². The number of nitrogens with zero attached hydrogens (tertiary/aromatic N) is 3. The van der Waals surface area contributed by atoms with Crippen LogP contribution in [0.25, 0.3) is 22.4 Å². The van der Waals surface area contributed by atoms with Crippen LogP contribution in [0.15, 0.2) is 42.7 Å². The van der Waals surface area contributed by atoms with Gasteiger partial charge in [-0.2, -0.15) is 0 Å². The fourth-order valence-corrected chi connectivity index (χ4v) is 3.37. The second-order valence-electron chi connectivity index (χ2n) is 8.63. The fourth-order valence-electron chi connectivity index (χ4n) is 3.37. The lowest BCUT2D eigenvalue weighted by Crippen LogP contribution is -2.04. The van der Waals surface area contributed by atoms with Gasteiger partial charge in [0, 0.05) is 35.2 Å². The van der Waals surface area contributed by atoms with E-state index in [1.54, 1.807) is 31.6 Å². The molecule has 0 atom stereocenters. The fraction of sp³-hybridized carbons (Fsp3) is 0.370. The van der Waals surface area contributed by atoms with Gasteiger partial charge in [0.1, 0.15) is 13.4 Å². The smallest absolute Gasteiger partial charge is 0.214 e. The summed E-state index contributed by atoms with van der Waals surface area (Å²) in [5.74, 6) is 0.901. The predicted molar refractivity (Wildman–Crippen MR) is 147 cm³/mol. The number of aliphatic hydroxyl groups is 1. The number of pyridine rings is 3. The molecule has 3 aromatic rings. The number of aliphatic hydroxyl groups excluding tert-OH is 1. The number of nitrogen functional groups attached to an aromatic ring is 1. The van der Waals surface area contributed by atoms with Gasteiger partial charge in [0.2, 0.25) is 18.2 Å². The van der Waals surface area contributed by atoms with Crippen molar-refractivity contribution >= 4 is 18.9 Å². The first-order valence-electron chi connectivity index (χ1n) is 11.9. The number of anilines is 1. The highest BCUT2D eigenvalue weighted by atomic mass is 16.5. The molecule has 11 heteroatoms. The number of aryl methyl sites for hydroxylation is 1. The quantitative estimate of drug-likeness (QED) is 0.317. The first-order chi connectivity index (χ1) is 18.3. The average Bonchev–Trinajstić information content (AvgIpc) is 3.67. The lowest BCUT2D eigenvalue weighted by molar-refractivity contribution is -0.107. The molecule has 7 N–H and O–H groups in total. The molecule has 0 aromatic carbocycles. The number of amides is 1. The Balaban J connectivity index is 0.000000502. The third-order valence-corrected chi connectivity index (χ3v) is 5.65. The number of rotatable bonds is 8. The maximum atomic E-state index is 9.04. The highest BCUT2D eigenvalue weighted by molar-refractivity contribution is 5.74. The minimum absolute atomic E-state index is 0.0941. The minimum Gasteiger partial charge on any atom is -0.481 e. The van der Waals surface area contributed by atoms with Crippen molar-refractivity contribution < 1.29 is 24.2 Å². The van der Waals surface area contributed by atoms with Crippen LogP contribution in [0.4, 0.5) is 5.69 Å². The monoisotopic (exact) mass is 526 g/mol. The van der Waals surface area contributed by atoms with Crippen molar-refractivity contribution in [3.63, 3.8) is 0 Å².